The topological polar surface area (TPSA) is 58.6 Å². The third kappa shape index (κ3) is 3.74. The van der Waals surface area contributed by atoms with Crippen molar-refractivity contribution in [2.45, 2.75) is 20.3 Å². The Bertz CT molecular complexity index is 520. The standard InChI is InChI=1S/C16H22N2O3/c1-11-8-12(2)10-18(9-11)16(20)15(19)17-13-6-4-5-7-14(13)21-3/h4-7,11-12H,8-10H2,1-3H3,(H,17,19). The molecule has 1 aromatic carbocycles. The van der Waals surface area contributed by atoms with Crippen molar-refractivity contribution in [1.29, 1.82) is 0 Å². The van der Waals surface area contributed by atoms with Crippen LogP contribution >= 0.6 is 0 Å². The zero-order valence-electron chi connectivity index (χ0n) is 12.8. The number of carbonyl (C=O) groups is 2. The first kappa shape index (κ1) is 15.4. The normalized spacial score (nSPS) is 21.8. The summed E-state index contributed by atoms with van der Waals surface area (Å²) in [4.78, 5) is 26.0. The van der Waals surface area contributed by atoms with Gasteiger partial charge in [0.1, 0.15) is 5.75 Å². The van der Waals surface area contributed by atoms with E-state index in [0.29, 0.717) is 36.4 Å². The number of rotatable bonds is 2. The minimum absolute atomic E-state index is 0.428. The summed E-state index contributed by atoms with van der Waals surface area (Å²) in [5.74, 6) is 0.313. The highest BCUT2D eigenvalue weighted by molar-refractivity contribution is 6.39. The van der Waals surface area contributed by atoms with Crippen molar-refractivity contribution in [2.75, 3.05) is 25.5 Å². The van der Waals surface area contributed by atoms with Crippen molar-refractivity contribution in [3.05, 3.63) is 24.3 Å². The highest BCUT2D eigenvalue weighted by atomic mass is 16.5. The molecule has 1 fully saturated rings. The van der Waals surface area contributed by atoms with Crippen molar-refractivity contribution in [1.82, 2.24) is 4.90 Å². The first-order valence-corrected chi connectivity index (χ1v) is 7.24. The number of ether oxygens (including phenoxy) is 1. The maximum Gasteiger partial charge on any atom is 0.314 e. The summed E-state index contributed by atoms with van der Waals surface area (Å²) in [5, 5.41) is 2.63. The van der Waals surface area contributed by atoms with Gasteiger partial charge in [-0.15, -0.1) is 0 Å². The molecular formula is C16H22N2O3. The monoisotopic (exact) mass is 290 g/mol. The molecule has 0 aliphatic carbocycles. The second kappa shape index (κ2) is 6.61. The van der Waals surface area contributed by atoms with Gasteiger partial charge in [-0.1, -0.05) is 26.0 Å². The molecule has 1 N–H and O–H groups in total. The van der Waals surface area contributed by atoms with Gasteiger partial charge in [0.25, 0.3) is 0 Å². The van der Waals surface area contributed by atoms with Crippen LogP contribution < -0.4 is 10.1 Å². The lowest BCUT2D eigenvalue weighted by Gasteiger charge is -2.34. The van der Waals surface area contributed by atoms with Crippen molar-refractivity contribution >= 4 is 17.5 Å². The minimum Gasteiger partial charge on any atom is -0.495 e. The highest BCUT2D eigenvalue weighted by Gasteiger charge is 2.29. The molecule has 2 unspecified atom stereocenters. The van der Waals surface area contributed by atoms with Gasteiger partial charge in [0.2, 0.25) is 0 Å². The molecule has 1 aliphatic rings. The Labute approximate surface area is 125 Å². The Morgan fingerprint density at radius 3 is 2.43 bits per heavy atom. The van der Waals surface area contributed by atoms with E-state index >= 15 is 0 Å². The van der Waals surface area contributed by atoms with Gasteiger partial charge in [-0.3, -0.25) is 9.59 Å². The molecule has 21 heavy (non-hydrogen) atoms. The van der Waals surface area contributed by atoms with E-state index in [9.17, 15) is 9.59 Å². The summed E-state index contributed by atoms with van der Waals surface area (Å²) in [7, 11) is 1.53. The number of nitrogens with one attached hydrogen (secondary N) is 1. The van der Waals surface area contributed by atoms with Crippen molar-refractivity contribution in [3.63, 3.8) is 0 Å². The van der Waals surface area contributed by atoms with E-state index in [1.807, 2.05) is 6.07 Å². The Morgan fingerprint density at radius 2 is 1.81 bits per heavy atom. The molecule has 5 nitrogen and oxygen atoms in total. The lowest BCUT2D eigenvalue weighted by molar-refractivity contribution is -0.144. The van der Waals surface area contributed by atoms with E-state index in [0.717, 1.165) is 6.42 Å². The first-order chi connectivity index (χ1) is 10.0. The molecule has 1 heterocycles. The van der Waals surface area contributed by atoms with Gasteiger partial charge in [-0.2, -0.15) is 0 Å². The smallest absolute Gasteiger partial charge is 0.314 e. The molecule has 5 heteroatoms. The van der Waals surface area contributed by atoms with Gasteiger partial charge in [0, 0.05) is 13.1 Å². The van der Waals surface area contributed by atoms with Crippen LogP contribution in [0, 0.1) is 11.8 Å². The largest absolute Gasteiger partial charge is 0.495 e. The Balaban J connectivity index is 2.04. The van der Waals surface area contributed by atoms with E-state index in [1.165, 1.54) is 7.11 Å². The Morgan fingerprint density at radius 1 is 1.19 bits per heavy atom. The zero-order chi connectivity index (χ0) is 15.4. The number of hydrogen-bond donors (Lipinski definition) is 1. The van der Waals surface area contributed by atoms with E-state index in [4.69, 9.17) is 4.74 Å². The number of para-hydroxylation sites is 2. The number of nitrogens with zero attached hydrogens (tertiary/aromatic N) is 1. The minimum atomic E-state index is -0.610. The van der Waals surface area contributed by atoms with Crippen molar-refractivity contribution < 1.29 is 14.3 Å². The first-order valence-electron chi connectivity index (χ1n) is 7.24. The predicted octanol–water partition coefficient (Wildman–Crippen LogP) is 2.14. The molecule has 0 spiro atoms. The maximum atomic E-state index is 12.3. The van der Waals surface area contributed by atoms with Crippen LogP contribution in [0.5, 0.6) is 5.75 Å². The molecule has 1 aromatic rings. The lowest BCUT2D eigenvalue weighted by Crippen LogP contribution is -2.47. The van der Waals surface area contributed by atoms with Crippen LogP contribution in [0.2, 0.25) is 0 Å². The predicted molar refractivity (Wildman–Crippen MR) is 81.1 cm³/mol. The zero-order valence-corrected chi connectivity index (χ0v) is 12.8. The fourth-order valence-corrected chi connectivity index (χ4v) is 2.90. The summed E-state index contributed by atoms with van der Waals surface area (Å²) in [6.45, 7) is 5.49. The lowest BCUT2D eigenvalue weighted by atomic mass is 9.92. The number of methoxy groups -OCH3 is 1. The third-order valence-electron chi connectivity index (χ3n) is 3.71. The number of benzene rings is 1. The number of likely N-dealkylation sites (tertiary alicyclic amines) is 1. The summed E-state index contributed by atoms with van der Waals surface area (Å²) < 4.78 is 5.17. The van der Waals surface area contributed by atoms with Crippen LogP contribution in [0.4, 0.5) is 5.69 Å². The summed E-state index contributed by atoms with van der Waals surface area (Å²) in [6, 6.07) is 7.05. The molecule has 2 rings (SSSR count). The fourth-order valence-electron chi connectivity index (χ4n) is 2.90. The number of amides is 2. The van der Waals surface area contributed by atoms with Crippen LogP contribution in [0.3, 0.4) is 0 Å². The number of carbonyl (C=O) groups excluding carboxylic acids is 2. The van der Waals surface area contributed by atoms with Crippen LogP contribution in [-0.2, 0) is 9.59 Å². The van der Waals surface area contributed by atoms with E-state index < -0.39 is 11.8 Å². The Hall–Kier alpha value is -2.04. The molecule has 114 valence electrons. The third-order valence-corrected chi connectivity index (χ3v) is 3.71. The van der Waals surface area contributed by atoms with Crippen LogP contribution in [-0.4, -0.2) is 36.9 Å². The van der Waals surface area contributed by atoms with Gasteiger partial charge in [-0.05, 0) is 30.4 Å². The number of anilines is 1. The molecular weight excluding hydrogens is 268 g/mol. The summed E-state index contributed by atoms with van der Waals surface area (Å²) >= 11 is 0. The second-order valence-electron chi connectivity index (χ2n) is 5.81. The van der Waals surface area contributed by atoms with Crippen LogP contribution in [0.15, 0.2) is 24.3 Å². The molecule has 1 saturated heterocycles. The highest BCUT2D eigenvalue weighted by Crippen LogP contribution is 2.24. The second-order valence-corrected chi connectivity index (χ2v) is 5.81. The molecule has 0 aromatic heterocycles. The van der Waals surface area contributed by atoms with Crippen molar-refractivity contribution in [2.24, 2.45) is 11.8 Å². The SMILES string of the molecule is COc1ccccc1NC(=O)C(=O)N1CC(C)CC(C)C1. The number of hydrogen-bond acceptors (Lipinski definition) is 3. The van der Waals surface area contributed by atoms with Gasteiger partial charge >= 0.3 is 11.8 Å². The molecule has 0 saturated carbocycles. The van der Waals surface area contributed by atoms with Gasteiger partial charge in [-0.25, -0.2) is 0 Å². The van der Waals surface area contributed by atoms with E-state index in [2.05, 4.69) is 19.2 Å². The average Bonchev–Trinajstić information content (AvgIpc) is 2.46. The molecule has 0 radical (unpaired) electrons. The molecule has 2 amide bonds. The summed E-state index contributed by atoms with van der Waals surface area (Å²) in [5.41, 5.74) is 0.511. The summed E-state index contributed by atoms with van der Waals surface area (Å²) in [6.07, 6.45) is 1.10. The van der Waals surface area contributed by atoms with E-state index in [1.54, 1.807) is 23.1 Å². The quantitative estimate of drug-likeness (QED) is 0.849. The number of piperidine rings is 1. The van der Waals surface area contributed by atoms with Gasteiger partial charge in [0.05, 0.1) is 12.8 Å². The van der Waals surface area contributed by atoms with Gasteiger partial charge in [0.15, 0.2) is 0 Å². The Kier molecular flexibility index (Phi) is 4.83. The molecule has 2 atom stereocenters. The van der Waals surface area contributed by atoms with Crippen molar-refractivity contribution in [3.8, 4) is 5.75 Å². The van der Waals surface area contributed by atoms with Gasteiger partial charge < -0.3 is 15.0 Å². The average molecular weight is 290 g/mol. The van der Waals surface area contributed by atoms with E-state index in [-0.39, 0.29) is 0 Å². The molecule has 1 aliphatic heterocycles. The maximum absolute atomic E-state index is 12.3. The molecule has 0 bridgehead atoms. The van der Waals surface area contributed by atoms with Crippen LogP contribution in [0.25, 0.3) is 0 Å². The van der Waals surface area contributed by atoms with Crippen LogP contribution in [0.1, 0.15) is 20.3 Å². The fraction of sp³-hybridized carbons (Fsp3) is 0.500.